The molecular formula is C24H25ClN4O3. The van der Waals surface area contributed by atoms with Gasteiger partial charge in [0.2, 0.25) is 0 Å². The number of nitrogens with two attached hydrogens (primary N) is 1. The third-order valence-electron chi connectivity index (χ3n) is 4.59. The molecule has 1 aromatic heterocycles. The van der Waals surface area contributed by atoms with Gasteiger partial charge >= 0.3 is 0 Å². The standard InChI is InChI=1S/C23H21ClN4O3.CH4/c1-26-22(25)14-3-5-15(6-4-14)23(30)28-20-10-9-18(31-2)12-19(20)21(29)11-17-8-7-16(24)13-27-17;/h3-10,12-13H,11H2,1-2H3,(H2,25,26)(H,28,30);1H4. The van der Waals surface area contributed by atoms with E-state index in [0.717, 1.165) is 5.56 Å². The normalized spacial score (nSPS) is 10.8. The summed E-state index contributed by atoms with van der Waals surface area (Å²) in [5, 5.41) is 3.29. The third kappa shape index (κ3) is 5.92. The molecule has 7 nitrogen and oxygen atoms in total. The maximum Gasteiger partial charge on any atom is 0.255 e. The number of nitrogens with zero attached hydrogens (tertiary/aromatic N) is 2. The maximum atomic E-state index is 13.0. The number of pyridine rings is 1. The molecule has 32 heavy (non-hydrogen) atoms. The second-order valence-corrected chi connectivity index (χ2v) is 7.06. The smallest absolute Gasteiger partial charge is 0.255 e. The molecular weight excluding hydrogens is 428 g/mol. The fraction of sp³-hybridized carbons (Fsp3) is 0.167. The van der Waals surface area contributed by atoms with E-state index in [1.807, 2.05) is 0 Å². The Bertz CT molecular complexity index is 1130. The van der Waals surface area contributed by atoms with E-state index < -0.39 is 0 Å². The van der Waals surface area contributed by atoms with E-state index in [0.29, 0.717) is 39.1 Å². The summed E-state index contributed by atoms with van der Waals surface area (Å²) >= 11 is 5.86. The molecule has 8 heteroatoms. The van der Waals surface area contributed by atoms with Crippen LogP contribution in [0, 0.1) is 0 Å². The van der Waals surface area contributed by atoms with Crippen molar-refractivity contribution < 1.29 is 14.3 Å². The van der Waals surface area contributed by atoms with Crippen LogP contribution in [0.1, 0.15) is 39.4 Å². The number of ketones is 1. The van der Waals surface area contributed by atoms with Gasteiger partial charge in [-0.1, -0.05) is 31.2 Å². The summed E-state index contributed by atoms with van der Waals surface area (Å²) < 4.78 is 5.24. The lowest BCUT2D eigenvalue weighted by Gasteiger charge is -2.12. The zero-order chi connectivity index (χ0) is 22.4. The highest BCUT2D eigenvalue weighted by atomic mass is 35.5. The second kappa shape index (κ2) is 11.1. The molecule has 1 heterocycles. The van der Waals surface area contributed by atoms with Crippen molar-refractivity contribution in [1.29, 1.82) is 0 Å². The zero-order valence-corrected chi connectivity index (χ0v) is 17.8. The number of aliphatic imine (C=N–C) groups is 1. The van der Waals surface area contributed by atoms with Crippen LogP contribution in [0.25, 0.3) is 0 Å². The first kappa shape index (κ1) is 24.6. The number of hydrogen-bond acceptors (Lipinski definition) is 5. The predicted octanol–water partition coefficient (Wildman–Crippen LogP) is 4.39. The lowest BCUT2D eigenvalue weighted by molar-refractivity contribution is 0.0992. The number of methoxy groups -OCH3 is 1. The molecule has 0 aliphatic carbocycles. The molecule has 0 saturated carbocycles. The van der Waals surface area contributed by atoms with Gasteiger partial charge in [-0.05, 0) is 42.5 Å². The van der Waals surface area contributed by atoms with Crippen molar-refractivity contribution in [3.05, 3.63) is 88.2 Å². The van der Waals surface area contributed by atoms with Crippen molar-refractivity contribution in [2.24, 2.45) is 10.7 Å². The van der Waals surface area contributed by atoms with E-state index in [2.05, 4.69) is 15.3 Å². The van der Waals surface area contributed by atoms with Gasteiger partial charge in [0.05, 0.1) is 24.2 Å². The molecule has 3 aromatic rings. The van der Waals surface area contributed by atoms with Crippen LogP contribution in [0.2, 0.25) is 5.02 Å². The van der Waals surface area contributed by atoms with Crippen LogP contribution >= 0.6 is 11.6 Å². The lowest BCUT2D eigenvalue weighted by Crippen LogP contribution is -2.17. The number of carbonyl (C=O) groups excluding carboxylic acids is 2. The molecule has 0 radical (unpaired) electrons. The molecule has 0 fully saturated rings. The Hall–Kier alpha value is -3.71. The van der Waals surface area contributed by atoms with Crippen molar-refractivity contribution in [3.8, 4) is 5.75 Å². The minimum Gasteiger partial charge on any atom is -0.497 e. The van der Waals surface area contributed by atoms with Gasteiger partial charge in [-0.3, -0.25) is 19.6 Å². The van der Waals surface area contributed by atoms with E-state index in [9.17, 15) is 9.59 Å². The summed E-state index contributed by atoms with van der Waals surface area (Å²) in [4.78, 5) is 33.8. The highest BCUT2D eigenvalue weighted by Gasteiger charge is 2.17. The van der Waals surface area contributed by atoms with E-state index in [4.69, 9.17) is 22.1 Å². The molecule has 0 unspecified atom stereocenters. The predicted molar refractivity (Wildman–Crippen MR) is 128 cm³/mol. The van der Waals surface area contributed by atoms with Crippen LogP contribution in [0.4, 0.5) is 5.69 Å². The number of benzene rings is 2. The van der Waals surface area contributed by atoms with Crippen LogP contribution in [0.3, 0.4) is 0 Å². The number of aromatic nitrogens is 1. The molecule has 0 saturated heterocycles. The second-order valence-electron chi connectivity index (χ2n) is 6.62. The number of amidine groups is 1. The van der Waals surface area contributed by atoms with Crippen molar-refractivity contribution in [1.82, 2.24) is 4.98 Å². The number of ether oxygens (including phenoxy) is 1. The first-order chi connectivity index (χ1) is 14.9. The molecule has 2 aromatic carbocycles. The van der Waals surface area contributed by atoms with Crippen molar-refractivity contribution in [2.75, 3.05) is 19.5 Å². The van der Waals surface area contributed by atoms with Crippen molar-refractivity contribution in [3.63, 3.8) is 0 Å². The minimum absolute atomic E-state index is 0. The Morgan fingerprint density at radius 2 is 1.78 bits per heavy atom. The Morgan fingerprint density at radius 1 is 1.09 bits per heavy atom. The molecule has 0 aliphatic rings. The number of carbonyl (C=O) groups is 2. The van der Waals surface area contributed by atoms with Crippen molar-refractivity contribution >= 4 is 34.8 Å². The highest BCUT2D eigenvalue weighted by Crippen LogP contribution is 2.24. The van der Waals surface area contributed by atoms with Crippen LogP contribution in [-0.2, 0) is 6.42 Å². The maximum absolute atomic E-state index is 13.0. The number of anilines is 1. The van der Waals surface area contributed by atoms with Gasteiger partial charge in [0, 0.05) is 35.6 Å². The first-order valence-corrected chi connectivity index (χ1v) is 9.74. The van der Waals surface area contributed by atoms with Gasteiger partial charge < -0.3 is 15.8 Å². The number of rotatable bonds is 7. The van der Waals surface area contributed by atoms with Crippen LogP contribution in [-0.4, -0.2) is 36.7 Å². The Morgan fingerprint density at radius 3 is 2.38 bits per heavy atom. The number of hydrogen-bond donors (Lipinski definition) is 2. The van der Waals surface area contributed by atoms with Gasteiger partial charge in [0.15, 0.2) is 5.78 Å². The average molecular weight is 453 g/mol. The monoisotopic (exact) mass is 452 g/mol. The SMILES string of the molecule is C.CN=C(N)c1ccc(C(=O)Nc2ccc(OC)cc2C(=O)Cc2ccc(Cl)cn2)cc1. The number of nitrogens with one attached hydrogen (secondary N) is 1. The van der Waals surface area contributed by atoms with Crippen molar-refractivity contribution in [2.45, 2.75) is 13.8 Å². The topological polar surface area (TPSA) is 107 Å². The molecule has 0 bridgehead atoms. The molecule has 0 spiro atoms. The molecule has 0 atom stereocenters. The third-order valence-corrected chi connectivity index (χ3v) is 4.81. The average Bonchev–Trinajstić information content (AvgIpc) is 2.80. The quantitative estimate of drug-likeness (QED) is 0.314. The van der Waals surface area contributed by atoms with Gasteiger partial charge in [0.1, 0.15) is 11.6 Å². The fourth-order valence-electron chi connectivity index (χ4n) is 2.88. The van der Waals surface area contributed by atoms with Gasteiger partial charge in [0.25, 0.3) is 5.91 Å². The summed E-state index contributed by atoms with van der Waals surface area (Å²) in [7, 11) is 3.10. The van der Waals surface area contributed by atoms with Crippen LogP contribution < -0.4 is 15.8 Å². The van der Waals surface area contributed by atoms with E-state index in [1.54, 1.807) is 61.6 Å². The highest BCUT2D eigenvalue weighted by molar-refractivity contribution is 6.30. The summed E-state index contributed by atoms with van der Waals surface area (Å²) in [5.74, 6) is 0.309. The first-order valence-electron chi connectivity index (χ1n) is 9.37. The Labute approximate surface area is 192 Å². The van der Waals surface area contributed by atoms with Crippen LogP contribution in [0.15, 0.2) is 65.8 Å². The molecule has 0 aliphatic heterocycles. The Kier molecular flexibility index (Phi) is 8.49. The number of amides is 1. The fourth-order valence-corrected chi connectivity index (χ4v) is 2.99. The van der Waals surface area contributed by atoms with Crippen LogP contribution in [0.5, 0.6) is 5.75 Å². The van der Waals surface area contributed by atoms with Gasteiger partial charge in [-0.25, -0.2) is 0 Å². The molecule has 1 amide bonds. The van der Waals surface area contributed by atoms with E-state index >= 15 is 0 Å². The molecule has 166 valence electrons. The molecule has 3 rings (SSSR count). The minimum atomic E-state index is -0.359. The number of Topliss-reactive ketones (excluding diaryl/α,β-unsaturated/α-hetero) is 1. The summed E-state index contributed by atoms with van der Waals surface area (Å²) in [6.45, 7) is 0. The summed E-state index contributed by atoms with van der Waals surface area (Å²) in [6.07, 6.45) is 1.54. The summed E-state index contributed by atoms with van der Waals surface area (Å²) in [5.41, 5.74) is 8.19. The Balaban J connectivity index is 0.00000363. The zero-order valence-electron chi connectivity index (χ0n) is 17.1. The van der Waals surface area contributed by atoms with Gasteiger partial charge in [-0.2, -0.15) is 0 Å². The van der Waals surface area contributed by atoms with E-state index in [1.165, 1.54) is 13.3 Å². The summed E-state index contributed by atoms with van der Waals surface area (Å²) in [6, 6.07) is 15.0. The van der Waals surface area contributed by atoms with E-state index in [-0.39, 0.29) is 25.5 Å². The number of halogens is 1. The van der Waals surface area contributed by atoms with Gasteiger partial charge in [-0.15, -0.1) is 0 Å². The largest absolute Gasteiger partial charge is 0.497 e. The molecule has 3 N–H and O–H groups in total. The lowest BCUT2D eigenvalue weighted by atomic mass is 10.0.